The molecule has 0 bridgehead atoms. The fraction of sp³-hybridized carbons (Fsp3) is 0.0625. The number of ether oxygens (including phenoxy) is 1. The van der Waals surface area contributed by atoms with Crippen molar-refractivity contribution in [3.05, 3.63) is 73.7 Å². The van der Waals surface area contributed by atoms with Crippen molar-refractivity contribution in [2.45, 2.75) is 4.90 Å². The highest BCUT2D eigenvalue weighted by atomic mass is 32.2. The molecule has 0 saturated carbocycles. The third-order valence-electron chi connectivity index (χ3n) is 3.38. The fourth-order valence-corrected chi connectivity index (χ4v) is 3.20. The molecule has 0 aliphatic rings. The Balaban J connectivity index is 2.00. The van der Waals surface area contributed by atoms with Gasteiger partial charge in [0.1, 0.15) is 5.75 Å². The highest BCUT2D eigenvalue weighted by Crippen LogP contribution is 2.22. The van der Waals surface area contributed by atoms with Crippen molar-refractivity contribution in [3.8, 4) is 5.75 Å². The molecule has 25 heavy (non-hydrogen) atoms. The van der Waals surface area contributed by atoms with Gasteiger partial charge in [-0.2, -0.15) is 0 Å². The molecule has 0 aliphatic carbocycles. The second-order valence-corrected chi connectivity index (χ2v) is 6.38. The fourth-order valence-electron chi connectivity index (χ4n) is 2.20. The summed E-state index contributed by atoms with van der Waals surface area (Å²) in [7, 11) is -0.489. The summed E-state index contributed by atoms with van der Waals surface area (Å²) in [6.45, 7) is 0. The van der Waals surface area contributed by atoms with E-state index < -0.39 is 26.5 Å². The lowest BCUT2D eigenvalue weighted by molar-refractivity contribution is -0.409. The lowest BCUT2D eigenvalue weighted by Gasteiger charge is -2.02. The molecule has 0 fully saturated rings. The van der Waals surface area contributed by atoms with E-state index in [1.165, 1.54) is 43.5 Å². The molecule has 0 amide bonds. The smallest absolute Gasteiger partial charge is 0.417 e. The SMILES string of the molecule is COc1ccc(S(=O)/C(=C\c2ccc3oc(=O)[nH]c3c2)[N+](=O)[O-])cc1. The number of oxazole rings is 1. The first-order valence-corrected chi connectivity index (χ1v) is 8.17. The quantitative estimate of drug-likeness (QED) is 0.552. The van der Waals surface area contributed by atoms with Crippen LogP contribution >= 0.6 is 0 Å². The number of benzene rings is 2. The lowest BCUT2D eigenvalue weighted by atomic mass is 10.2. The van der Waals surface area contributed by atoms with Crippen molar-refractivity contribution >= 4 is 28.0 Å². The third kappa shape index (κ3) is 3.50. The van der Waals surface area contributed by atoms with E-state index in [4.69, 9.17) is 9.15 Å². The van der Waals surface area contributed by atoms with Crippen LogP contribution in [-0.4, -0.2) is 21.2 Å². The maximum atomic E-state index is 12.5. The molecule has 1 atom stereocenters. The first-order chi connectivity index (χ1) is 12.0. The van der Waals surface area contributed by atoms with Gasteiger partial charge in [0.15, 0.2) is 16.4 Å². The highest BCUT2D eigenvalue weighted by molar-refractivity contribution is 7.88. The number of aromatic nitrogens is 1. The minimum absolute atomic E-state index is 0.279. The number of aromatic amines is 1. The average molecular weight is 360 g/mol. The predicted octanol–water partition coefficient (Wildman–Crippen LogP) is 2.51. The molecule has 128 valence electrons. The van der Waals surface area contributed by atoms with Gasteiger partial charge in [0.25, 0.3) is 0 Å². The van der Waals surface area contributed by atoms with Crippen LogP contribution in [0.3, 0.4) is 0 Å². The number of H-pyrrole nitrogens is 1. The first kappa shape index (κ1) is 16.7. The van der Waals surface area contributed by atoms with Crippen LogP contribution in [0.15, 0.2) is 61.6 Å². The molecule has 3 rings (SSSR count). The minimum atomic E-state index is -1.98. The second-order valence-electron chi connectivity index (χ2n) is 4.95. The number of hydrogen-bond acceptors (Lipinski definition) is 6. The summed E-state index contributed by atoms with van der Waals surface area (Å²) in [6.07, 6.45) is 1.20. The third-order valence-corrected chi connectivity index (χ3v) is 4.72. The molecule has 1 unspecified atom stereocenters. The molecule has 0 spiro atoms. The van der Waals surface area contributed by atoms with Gasteiger partial charge in [-0.1, -0.05) is 6.07 Å². The number of nitrogens with one attached hydrogen (secondary N) is 1. The molecule has 1 aromatic heterocycles. The Morgan fingerprint density at radius 2 is 2.00 bits per heavy atom. The van der Waals surface area contributed by atoms with E-state index in [1.807, 2.05) is 0 Å². The largest absolute Gasteiger partial charge is 0.497 e. The summed E-state index contributed by atoms with van der Waals surface area (Å²) in [5.41, 5.74) is 1.15. The van der Waals surface area contributed by atoms with Gasteiger partial charge in [-0.05, 0) is 42.0 Å². The van der Waals surface area contributed by atoms with Crippen LogP contribution in [0.25, 0.3) is 17.2 Å². The molecule has 0 radical (unpaired) electrons. The lowest BCUT2D eigenvalue weighted by Crippen LogP contribution is -2.06. The van der Waals surface area contributed by atoms with Gasteiger partial charge in [-0.25, -0.2) is 9.00 Å². The summed E-state index contributed by atoms with van der Waals surface area (Å²) in [4.78, 5) is 24.6. The maximum absolute atomic E-state index is 12.5. The van der Waals surface area contributed by atoms with Crippen molar-refractivity contribution in [1.82, 2.24) is 4.98 Å². The van der Waals surface area contributed by atoms with Gasteiger partial charge >= 0.3 is 10.8 Å². The van der Waals surface area contributed by atoms with Gasteiger partial charge < -0.3 is 9.15 Å². The summed E-state index contributed by atoms with van der Waals surface area (Å²) in [5.74, 6) is -0.0609. The van der Waals surface area contributed by atoms with Gasteiger partial charge in [0.2, 0.25) is 0 Å². The Morgan fingerprint density at radius 3 is 2.64 bits per heavy atom. The van der Waals surface area contributed by atoms with Gasteiger partial charge in [-0.15, -0.1) is 0 Å². The monoisotopic (exact) mass is 360 g/mol. The van der Waals surface area contributed by atoms with E-state index in [0.717, 1.165) is 0 Å². The zero-order chi connectivity index (χ0) is 18.0. The standard InChI is InChI=1S/C16H12N2O6S/c1-23-11-3-5-12(6-4-11)25(22)15(18(20)21)9-10-2-7-14-13(8-10)17-16(19)24-14/h2-9H,1H3,(H,17,19)/b15-9-. The molecule has 1 N–H and O–H groups in total. The van der Waals surface area contributed by atoms with Crippen LogP contribution in [-0.2, 0) is 10.8 Å². The van der Waals surface area contributed by atoms with Gasteiger partial charge in [0.05, 0.1) is 22.4 Å². The van der Waals surface area contributed by atoms with Crippen molar-refractivity contribution < 1.29 is 18.3 Å². The zero-order valence-electron chi connectivity index (χ0n) is 12.9. The van der Waals surface area contributed by atoms with E-state index in [2.05, 4.69) is 4.98 Å². The molecular formula is C16H12N2O6S. The molecule has 1 heterocycles. The van der Waals surface area contributed by atoms with Gasteiger partial charge in [-0.3, -0.25) is 15.1 Å². The number of fused-ring (bicyclic) bond motifs is 1. The Bertz CT molecular complexity index is 1050. The van der Waals surface area contributed by atoms with Crippen molar-refractivity contribution in [2.75, 3.05) is 7.11 Å². The van der Waals surface area contributed by atoms with Crippen LogP contribution in [0.1, 0.15) is 5.56 Å². The number of rotatable bonds is 5. The summed E-state index contributed by atoms with van der Waals surface area (Å²) < 4.78 is 22.4. The van der Waals surface area contributed by atoms with E-state index in [9.17, 15) is 19.1 Å². The predicted molar refractivity (Wildman–Crippen MR) is 91.2 cm³/mol. The molecule has 0 aliphatic heterocycles. The molecule has 9 heteroatoms. The van der Waals surface area contributed by atoms with E-state index in [1.54, 1.807) is 12.1 Å². The van der Waals surface area contributed by atoms with Crippen molar-refractivity contribution in [1.29, 1.82) is 0 Å². The van der Waals surface area contributed by atoms with Gasteiger partial charge in [0, 0.05) is 6.08 Å². The zero-order valence-corrected chi connectivity index (χ0v) is 13.7. The molecule has 3 aromatic rings. The molecular weight excluding hydrogens is 348 g/mol. The van der Waals surface area contributed by atoms with Crippen LogP contribution in [0.2, 0.25) is 0 Å². The van der Waals surface area contributed by atoms with Crippen LogP contribution in [0.4, 0.5) is 0 Å². The molecule has 8 nitrogen and oxygen atoms in total. The van der Waals surface area contributed by atoms with E-state index >= 15 is 0 Å². The minimum Gasteiger partial charge on any atom is -0.497 e. The normalized spacial score (nSPS) is 12.9. The first-order valence-electron chi connectivity index (χ1n) is 7.03. The van der Waals surface area contributed by atoms with Crippen LogP contribution in [0.5, 0.6) is 5.75 Å². The van der Waals surface area contributed by atoms with E-state index in [0.29, 0.717) is 22.4 Å². The Kier molecular flexibility index (Phi) is 4.48. The molecule has 2 aromatic carbocycles. The van der Waals surface area contributed by atoms with E-state index in [-0.39, 0.29) is 4.90 Å². The van der Waals surface area contributed by atoms with Crippen molar-refractivity contribution in [3.63, 3.8) is 0 Å². The number of hydrogen-bond donors (Lipinski definition) is 1. The van der Waals surface area contributed by atoms with Crippen LogP contribution in [0, 0.1) is 10.1 Å². The topological polar surface area (TPSA) is 115 Å². The summed E-state index contributed by atoms with van der Waals surface area (Å²) in [5, 5.41) is 10.9. The Morgan fingerprint density at radius 1 is 1.28 bits per heavy atom. The summed E-state index contributed by atoms with van der Waals surface area (Å²) >= 11 is 0. The maximum Gasteiger partial charge on any atom is 0.417 e. The van der Waals surface area contributed by atoms with Crippen LogP contribution < -0.4 is 10.5 Å². The number of nitrogens with zero attached hydrogens (tertiary/aromatic N) is 1. The van der Waals surface area contributed by atoms with Crippen molar-refractivity contribution in [2.24, 2.45) is 0 Å². The number of methoxy groups -OCH3 is 1. The summed E-state index contributed by atoms with van der Waals surface area (Å²) in [6, 6.07) is 10.7. The molecule has 0 saturated heterocycles. The number of nitro groups is 1. The Hall–Kier alpha value is -3.20. The Labute approximate surface area is 143 Å². The second kappa shape index (κ2) is 6.73. The highest BCUT2D eigenvalue weighted by Gasteiger charge is 2.22. The average Bonchev–Trinajstić information content (AvgIpc) is 2.98.